The number of aromatic nitrogens is 1. The lowest BCUT2D eigenvalue weighted by molar-refractivity contribution is 0.102. The fourth-order valence-corrected chi connectivity index (χ4v) is 2.67. The molecule has 0 spiro atoms. The van der Waals surface area contributed by atoms with E-state index in [1.165, 1.54) is 0 Å². The van der Waals surface area contributed by atoms with Crippen LogP contribution in [-0.4, -0.2) is 17.4 Å². The minimum atomic E-state index is -0.213. The molecular weight excluding hydrogens is 310 g/mol. The summed E-state index contributed by atoms with van der Waals surface area (Å²) in [5.41, 5.74) is 4.34. The van der Waals surface area contributed by atoms with Gasteiger partial charge in [0.25, 0.3) is 5.91 Å². The quantitative estimate of drug-likeness (QED) is 0.730. The normalized spacial score (nSPS) is 10.3. The van der Waals surface area contributed by atoms with Crippen molar-refractivity contribution in [2.75, 3.05) is 16.8 Å². The van der Waals surface area contributed by atoms with Gasteiger partial charge in [-0.3, -0.25) is 9.78 Å². The van der Waals surface area contributed by atoms with Crippen LogP contribution in [0.4, 0.5) is 17.1 Å². The van der Waals surface area contributed by atoms with Crippen molar-refractivity contribution in [2.24, 2.45) is 0 Å². The zero-order valence-electron chi connectivity index (χ0n) is 14.4. The van der Waals surface area contributed by atoms with E-state index < -0.39 is 0 Å². The summed E-state index contributed by atoms with van der Waals surface area (Å²) in [6.07, 6.45) is 1.67. The lowest BCUT2D eigenvalue weighted by Crippen LogP contribution is -2.18. The van der Waals surface area contributed by atoms with Gasteiger partial charge in [0.2, 0.25) is 0 Å². The van der Waals surface area contributed by atoms with Crippen LogP contribution in [0, 0.1) is 6.92 Å². The van der Waals surface area contributed by atoms with Gasteiger partial charge in [0.15, 0.2) is 0 Å². The van der Waals surface area contributed by atoms with E-state index >= 15 is 0 Å². The molecule has 1 N–H and O–H groups in total. The number of para-hydroxylation sites is 1. The second-order valence-electron chi connectivity index (χ2n) is 5.80. The summed E-state index contributed by atoms with van der Waals surface area (Å²) in [5.74, 6) is -0.213. The van der Waals surface area contributed by atoms with Gasteiger partial charge in [-0.25, -0.2) is 0 Å². The number of hydrogen-bond acceptors (Lipinski definition) is 3. The molecule has 0 unspecified atom stereocenters. The van der Waals surface area contributed by atoms with Crippen LogP contribution in [0.15, 0.2) is 72.9 Å². The molecule has 1 amide bonds. The van der Waals surface area contributed by atoms with Crippen molar-refractivity contribution in [1.82, 2.24) is 4.98 Å². The summed E-state index contributed by atoms with van der Waals surface area (Å²) in [6.45, 7) is 4.89. The van der Waals surface area contributed by atoms with Gasteiger partial charge in [0, 0.05) is 29.8 Å². The molecule has 0 aliphatic rings. The Hall–Kier alpha value is -3.14. The summed E-state index contributed by atoms with van der Waals surface area (Å²) in [4.78, 5) is 18.9. The lowest BCUT2D eigenvalue weighted by Gasteiger charge is -2.23. The van der Waals surface area contributed by atoms with Crippen LogP contribution < -0.4 is 10.2 Å². The van der Waals surface area contributed by atoms with Crippen LogP contribution in [-0.2, 0) is 0 Å². The van der Waals surface area contributed by atoms with E-state index in [0.29, 0.717) is 5.69 Å². The molecule has 4 nitrogen and oxygen atoms in total. The predicted octanol–water partition coefficient (Wildman–Crippen LogP) is 4.80. The monoisotopic (exact) mass is 331 g/mol. The van der Waals surface area contributed by atoms with Crippen LogP contribution >= 0.6 is 0 Å². The van der Waals surface area contributed by atoms with E-state index in [1.54, 1.807) is 6.20 Å². The fourth-order valence-electron chi connectivity index (χ4n) is 2.67. The molecule has 2 aromatic carbocycles. The van der Waals surface area contributed by atoms with Gasteiger partial charge in [-0.1, -0.05) is 35.9 Å². The molecule has 4 heteroatoms. The number of benzene rings is 2. The fraction of sp³-hybridized carbons (Fsp3) is 0.143. The average Bonchev–Trinajstić information content (AvgIpc) is 2.65. The Bertz CT molecular complexity index is 845. The Morgan fingerprint density at radius 1 is 1.00 bits per heavy atom. The first kappa shape index (κ1) is 16.7. The average molecular weight is 331 g/mol. The van der Waals surface area contributed by atoms with Gasteiger partial charge in [0.05, 0.1) is 0 Å². The summed E-state index contributed by atoms with van der Waals surface area (Å²) in [7, 11) is 0. The first-order valence-corrected chi connectivity index (χ1v) is 8.34. The molecule has 3 rings (SSSR count). The van der Waals surface area contributed by atoms with Gasteiger partial charge in [-0.2, -0.15) is 0 Å². The van der Waals surface area contributed by atoms with Gasteiger partial charge >= 0.3 is 0 Å². The highest BCUT2D eigenvalue weighted by Crippen LogP contribution is 2.25. The molecule has 0 bridgehead atoms. The molecule has 25 heavy (non-hydrogen) atoms. The third-order valence-electron chi connectivity index (χ3n) is 3.98. The van der Waals surface area contributed by atoms with Gasteiger partial charge < -0.3 is 10.2 Å². The van der Waals surface area contributed by atoms with E-state index in [1.807, 2.05) is 61.5 Å². The largest absolute Gasteiger partial charge is 0.342 e. The molecule has 1 heterocycles. The molecule has 0 aliphatic heterocycles. The molecule has 3 aromatic rings. The van der Waals surface area contributed by atoms with Crippen molar-refractivity contribution in [2.45, 2.75) is 13.8 Å². The first-order chi connectivity index (χ1) is 12.2. The van der Waals surface area contributed by atoms with Crippen molar-refractivity contribution in [3.05, 3.63) is 84.2 Å². The van der Waals surface area contributed by atoms with E-state index in [0.717, 1.165) is 29.2 Å². The van der Waals surface area contributed by atoms with Crippen LogP contribution in [0.25, 0.3) is 0 Å². The zero-order chi connectivity index (χ0) is 17.6. The Balaban J connectivity index is 1.83. The molecular formula is C21H21N3O. The van der Waals surface area contributed by atoms with E-state index in [9.17, 15) is 4.79 Å². The lowest BCUT2D eigenvalue weighted by atomic mass is 10.2. The Morgan fingerprint density at radius 2 is 1.72 bits per heavy atom. The van der Waals surface area contributed by atoms with Crippen molar-refractivity contribution in [3.8, 4) is 0 Å². The van der Waals surface area contributed by atoms with Crippen molar-refractivity contribution in [3.63, 3.8) is 0 Å². The second kappa shape index (κ2) is 7.62. The summed E-state index contributed by atoms with van der Waals surface area (Å²) in [6, 6.07) is 21.5. The SMILES string of the molecule is CCN(c1ccccc1)c1ccnc(C(=O)Nc2ccc(C)cc2)c1. The highest BCUT2D eigenvalue weighted by Gasteiger charge is 2.12. The molecule has 0 radical (unpaired) electrons. The van der Waals surface area contributed by atoms with Crippen LogP contribution in [0.5, 0.6) is 0 Å². The number of pyridine rings is 1. The minimum Gasteiger partial charge on any atom is -0.342 e. The molecule has 126 valence electrons. The minimum absolute atomic E-state index is 0.213. The van der Waals surface area contributed by atoms with E-state index in [4.69, 9.17) is 0 Å². The topological polar surface area (TPSA) is 45.2 Å². The predicted molar refractivity (Wildman–Crippen MR) is 102 cm³/mol. The summed E-state index contributed by atoms with van der Waals surface area (Å²) in [5, 5.41) is 2.89. The van der Waals surface area contributed by atoms with Gasteiger partial charge in [-0.05, 0) is 50.2 Å². The number of hydrogen-bond donors (Lipinski definition) is 1. The molecule has 0 saturated carbocycles. The van der Waals surface area contributed by atoms with Crippen molar-refractivity contribution in [1.29, 1.82) is 0 Å². The number of carbonyl (C=O) groups excluding carboxylic acids is 1. The second-order valence-corrected chi connectivity index (χ2v) is 5.80. The highest BCUT2D eigenvalue weighted by atomic mass is 16.1. The van der Waals surface area contributed by atoms with Gasteiger partial charge in [0.1, 0.15) is 5.69 Å². The number of carbonyl (C=O) groups is 1. The smallest absolute Gasteiger partial charge is 0.274 e. The van der Waals surface area contributed by atoms with Crippen molar-refractivity contribution >= 4 is 23.0 Å². The molecule has 0 fully saturated rings. The zero-order valence-corrected chi connectivity index (χ0v) is 14.4. The number of anilines is 3. The molecule has 0 atom stereocenters. The third-order valence-corrected chi connectivity index (χ3v) is 3.98. The number of nitrogens with zero attached hydrogens (tertiary/aromatic N) is 2. The number of nitrogens with one attached hydrogen (secondary N) is 1. The van der Waals surface area contributed by atoms with Crippen LogP contribution in [0.1, 0.15) is 23.0 Å². The molecule has 0 aliphatic carbocycles. The van der Waals surface area contributed by atoms with Crippen LogP contribution in [0.2, 0.25) is 0 Å². The Labute approximate surface area is 148 Å². The maximum absolute atomic E-state index is 12.5. The standard InChI is InChI=1S/C21H21N3O/c1-3-24(18-7-5-4-6-8-18)19-13-14-22-20(15-19)21(25)23-17-11-9-16(2)10-12-17/h4-15H,3H2,1-2H3,(H,23,25). The molecule has 1 aromatic heterocycles. The maximum atomic E-state index is 12.5. The van der Waals surface area contributed by atoms with Gasteiger partial charge in [-0.15, -0.1) is 0 Å². The number of rotatable bonds is 5. The maximum Gasteiger partial charge on any atom is 0.274 e. The summed E-state index contributed by atoms with van der Waals surface area (Å²) < 4.78 is 0. The van der Waals surface area contributed by atoms with E-state index in [-0.39, 0.29) is 5.91 Å². The number of amides is 1. The van der Waals surface area contributed by atoms with Crippen LogP contribution in [0.3, 0.4) is 0 Å². The Morgan fingerprint density at radius 3 is 2.40 bits per heavy atom. The van der Waals surface area contributed by atoms with E-state index in [2.05, 4.69) is 34.3 Å². The third kappa shape index (κ3) is 4.04. The number of aryl methyl sites for hydroxylation is 1. The van der Waals surface area contributed by atoms with Crippen molar-refractivity contribution < 1.29 is 4.79 Å². The molecule has 0 saturated heterocycles. The highest BCUT2D eigenvalue weighted by molar-refractivity contribution is 6.03. The Kier molecular flexibility index (Phi) is 5.09. The first-order valence-electron chi connectivity index (χ1n) is 8.34. The summed E-state index contributed by atoms with van der Waals surface area (Å²) >= 11 is 0.